The number of fused-ring (bicyclic) bond motifs is 3. The Kier molecular flexibility index (Phi) is 1.75. The molecule has 70 valence electrons. The molecule has 0 atom stereocenters. The van der Waals surface area contributed by atoms with E-state index in [-0.39, 0.29) is 0 Å². The third-order valence-corrected chi connectivity index (χ3v) is 4.44. The maximum absolute atomic E-state index is 13.8. The van der Waals surface area contributed by atoms with Gasteiger partial charge in [-0.2, -0.15) is 0 Å². The van der Waals surface area contributed by atoms with E-state index in [2.05, 4.69) is 13.8 Å². The van der Waals surface area contributed by atoms with Gasteiger partial charge < -0.3 is 0 Å². The monoisotopic (exact) mass is 170 g/mol. The number of alkyl halides is 1. The van der Waals surface area contributed by atoms with Gasteiger partial charge in [-0.15, -0.1) is 0 Å². The van der Waals surface area contributed by atoms with Gasteiger partial charge in [0.2, 0.25) is 0 Å². The van der Waals surface area contributed by atoms with E-state index in [1.165, 1.54) is 0 Å². The average molecular weight is 170 g/mol. The third-order valence-electron chi connectivity index (χ3n) is 4.44. The van der Waals surface area contributed by atoms with E-state index in [9.17, 15) is 4.39 Å². The lowest BCUT2D eigenvalue weighted by molar-refractivity contribution is -0.0576. The smallest absolute Gasteiger partial charge is 0.111 e. The molecule has 2 bridgehead atoms. The Morgan fingerprint density at radius 2 is 1.33 bits per heavy atom. The molecule has 0 saturated heterocycles. The summed E-state index contributed by atoms with van der Waals surface area (Å²) >= 11 is 0. The SMILES string of the molecule is CC(C)C12CCC(F)(CC1)CC2. The van der Waals surface area contributed by atoms with E-state index in [0.29, 0.717) is 5.41 Å². The van der Waals surface area contributed by atoms with Crippen LogP contribution in [0.1, 0.15) is 52.4 Å². The van der Waals surface area contributed by atoms with Crippen LogP contribution in [-0.4, -0.2) is 5.67 Å². The average Bonchev–Trinajstić information content (AvgIpc) is 2.06. The van der Waals surface area contributed by atoms with Crippen LogP contribution >= 0.6 is 0 Å². The summed E-state index contributed by atoms with van der Waals surface area (Å²) in [5.74, 6) is 0.752. The van der Waals surface area contributed by atoms with Crippen molar-refractivity contribution >= 4 is 0 Å². The molecule has 3 rings (SSSR count). The van der Waals surface area contributed by atoms with Crippen molar-refractivity contribution in [2.45, 2.75) is 58.0 Å². The summed E-state index contributed by atoms with van der Waals surface area (Å²) in [4.78, 5) is 0. The van der Waals surface area contributed by atoms with Crippen molar-refractivity contribution in [2.75, 3.05) is 0 Å². The first-order chi connectivity index (χ1) is 5.56. The molecule has 0 nitrogen and oxygen atoms in total. The summed E-state index contributed by atoms with van der Waals surface area (Å²) in [5, 5.41) is 0. The van der Waals surface area contributed by atoms with Crippen LogP contribution in [0.2, 0.25) is 0 Å². The summed E-state index contributed by atoms with van der Waals surface area (Å²) in [6, 6.07) is 0. The van der Waals surface area contributed by atoms with Gasteiger partial charge in [0.25, 0.3) is 0 Å². The maximum atomic E-state index is 13.8. The minimum atomic E-state index is -0.753. The second-order valence-corrected chi connectivity index (χ2v) is 5.17. The zero-order chi connectivity index (χ0) is 8.82. The number of hydrogen-bond acceptors (Lipinski definition) is 0. The maximum Gasteiger partial charge on any atom is 0.111 e. The second kappa shape index (κ2) is 2.46. The van der Waals surface area contributed by atoms with E-state index in [1.54, 1.807) is 0 Å². The molecule has 0 radical (unpaired) electrons. The highest BCUT2D eigenvalue weighted by atomic mass is 19.1. The van der Waals surface area contributed by atoms with Crippen molar-refractivity contribution in [2.24, 2.45) is 11.3 Å². The molecule has 0 amide bonds. The zero-order valence-corrected chi connectivity index (χ0v) is 8.20. The Balaban J connectivity index is 2.14. The highest BCUT2D eigenvalue weighted by Gasteiger charge is 2.49. The fourth-order valence-corrected chi connectivity index (χ4v) is 3.03. The van der Waals surface area contributed by atoms with Gasteiger partial charge in [0.05, 0.1) is 0 Å². The molecule has 1 heteroatoms. The summed E-state index contributed by atoms with van der Waals surface area (Å²) in [6.07, 6.45) is 5.94. The number of rotatable bonds is 1. The van der Waals surface area contributed by atoms with Crippen LogP contribution < -0.4 is 0 Å². The van der Waals surface area contributed by atoms with Crippen molar-refractivity contribution in [1.82, 2.24) is 0 Å². The molecular formula is C11H19F. The van der Waals surface area contributed by atoms with Crippen LogP contribution in [0.4, 0.5) is 4.39 Å². The van der Waals surface area contributed by atoms with Gasteiger partial charge in [0.1, 0.15) is 5.67 Å². The lowest BCUT2D eigenvalue weighted by atomic mass is 9.55. The predicted octanol–water partition coefficient (Wildman–Crippen LogP) is 3.70. The van der Waals surface area contributed by atoms with Crippen LogP contribution in [0.25, 0.3) is 0 Å². The fourth-order valence-electron chi connectivity index (χ4n) is 3.03. The van der Waals surface area contributed by atoms with Crippen molar-refractivity contribution in [3.8, 4) is 0 Å². The molecule has 0 heterocycles. The Morgan fingerprint density at radius 1 is 0.917 bits per heavy atom. The predicted molar refractivity (Wildman–Crippen MR) is 48.8 cm³/mol. The molecule has 12 heavy (non-hydrogen) atoms. The number of halogens is 1. The van der Waals surface area contributed by atoms with Crippen molar-refractivity contribution in [3.05, 3.63) is 0 Å². The van der Waals surface area contributed by atoms with Crippen LogP contribution in [-0.2, 0) is 0 Å². The summed E-state index contributed by atoms with van der Waals surface area (Å²) in [6.45, 7) is 4.60. The van der Waals surface area contributed by atoms with Gasteiger partial charge in [-0.1, -0.05) is 13.8 Å². The molecule has 0 aromatic carbocycles. The van der Waals surface area contributed by atoms with Gasteiger partial charge in [-0.05, 0) is 49.9 Å². The molecule has 3 aliphatic rings. The Bertz CT molecular complexity index is 159. The fraction of sp³-hybridized carbons (Fsp3) is 1.00. The van der Waals surface area contributed by atoms with Gasteiger partial charge in [0.15, 0.2) is 0 Å². The molecule has 0 aromatic rings. The molecular weight excluding hydrogens is 151 g/mol. The molecule has 0 N–H and O–H groups in total. The number of hydrogen-bond donors (Lipinski definition) is 0. The molecule has 0 aromatic heterocycles. The highest BCUT2D eigenvalue weighted by molar-refractivity contribution is 5.01. The lowest BCUT2D eigenvalue weighted by Gasteiger charge is -2.52. The first kappa shape index (κ1) is 8.52. The standard InChI is InChI=1S/C11H19F/c1-9(2)10-3-6-11(12,7-4-10)8-5-10/h9H,3-8H2,1-2H3. The van der Waals surface area contributed by atoms with Gasteiger partial charge in [0, 0.05) is 0 Å². The second-order valence-electron chi connectivity index (χ2n) is 5.17. The summed E-state index contributed by atoms with van der Waals surface area (Å²) in [7, 11) is 0. The van der Waals surface area contributed by atoms with Gasteiger partial charge >= 0.3 is 0 Å². The first-order valence-electron chi connectivity index (χ1n) is 5.25. The third kappa shape index (κ3) is 1.09. The van der Waals surface area contributed by atoms with E-state index >= 15 is 0 Å². The minimum absolute atomic E-state index is 0.522. The van der Waals surface area contributed by atoms with E-state index in [0.717, 1.165) is 44.4 Å². The molecule has 0 unspecified atom stereocenters. The van der Waals surface area contributed by atoms with E-state index in [4.69, 9.17) is 0 Å². The largest absolute Gasteiger partial charge is 0.244 e. The molecule has 0 aliphatic heterocycles. The topological polar surface area (TPSA) is 0 Å². The van der Waals surface area contributed by atoms with Crippen molar-refractivity contribution in [3.63, 3.8) is 0 Å². The zero-order valence-electron chi connectivity index (χ0n) is 8.20. The molecule has 3 aliphatic carbocycles. The van der Waals surface area contributed by atoms with Crippen molar-refractivity contribution in [1.29, 1.82) is 0 Å². The van der Waals surface area contributed by atoms with Crippen molar-refractivity contribution < 1.29 is 4.39 Å². The lowest BCUT2D eigenvalue weighted by Crippen LogP contribution is -2.45. The van der Waals surface area contributed by atoms with Crippen LogP contribution in [0.5, 0.6) is 0 Å². The first-order valence-corrected chi connectivity index (χ1v) is 5.25. The molecule has 3 saturated carbocycles. The summed E-state index contributed by atoms with van der Waals surface area (Å²) < 4.78 is 13.8. The molecule has 0 spiro atoms. The highest BCUT2D eigenvalue weighted by Crippen LogP contribution is 2.57. The Labute approximate surface area is 74.5 Å². The molecule has 3 fully saturated rings. The summed E-state index contributed by atoms with van der Waals surface area (Å²) in [5.41, 5.74) is -0.232. The van der Waals surface area contributed by atoms with Gasteiger partial charge in [-0.3, -0.25) is 0 Å². The van der Waals surface area contributed by atoms with Crippen LogP contribution in [0.3, 0.4) is 0 Å². The quantitative estimate of drug-likeness (QED) is 0.563. The Morgan fingerprint density at radius 3 is 1.67 bits per heavy atom. The van der Waals surface area contributed by atoms with E-state index in [1.807, 2.05) is 0 Å². The van der Waals surface area contributed by atoms with Crippen LogP contribution in [0.15, 0.2) is 0 Å². The minimum Gasteiger partial charge on any atom is -0.244 e. The van der Waals surface area contributed by atoms with Gasteiger partial charge in [-0.25, -0.2) is 4.39 Å². The normalized spacial score (nSPS) is 47.0. The Hall–Kier alpha value is -0.0700. The van der Waals surface area contributed by atoms with Crippen LogP contribution in [0, 0.1) is 11.3 Å². The van der Waals surface area contributed by atoms with E-state index < -0.39 is 5.67 Å².